The molecule has 2 aromatic carbocycles. The molecule has 0 radical (unpaired) electrons. The average molecular weight is 481 g/mol. The second-order valence-electron chi connectivity index (χ2n) is 7.28. The first-order valence-electron chi connectivity index (χ1n) is 10.4. The molecule has 2 amide bonds. The molecular formula is C24H24N4O5S. The van der Waals surface area contributed by atoms with Gasteiger partial charge in [0.15, 0.2) is 0 Å². The minimum absolute atomic E-state index is 0.113. The first-order valence-corrected chi connectivity index (χ1v) is 11.8. The third kappa shape index (κ3) is 7.31. The minimum atomic E-state index is -0.820. The number of benzene rings is 2. The number of hydrogen-bond acceptors (Lipinski definition) is 7. The van der Waals surface area contributed by atoms with Gasteiger partial charge in [-0.3, -0.25) is 24.7 Å². The van der Waals surface area contributed by atoms with Gasteiger partial charge in [0.25, 0.3) is 11.6 Å². The van der Waals surface area contributed by atoms with Crippen molar-refractivity contribution in [1.29, 1.82) is 0 Å². The lowest BCUT2D eigenvalue weighted by molar-refractivity contribution is -0.384. The largest absolute Gasteiger partial charge is 0.489 e. The van der Waals surface area contributed by atoms with Crippen molar-refractivity contribution in [2.75, 3.05) is 17.3 Å². The van der Waals surface area contributed by atoms with E-state index < -0.39 is 22.8 Å². The van der Waals surface area contributed by atoms with E-state index in [0.717, 1.165) is 5.56 Å². The standard InChI is InChI=1S/C24H24N4O5S/c1-34-12-10-22(27-23(29)18-6-2-8-20(13-18)28(31)32)24(30)26-19-7-3-9-21(14-19)33-16-17-5-4-11-25-15-17/h2-9,11,13-15,22H,10,12,16H2,1H3,(H,26,30)(H,27,29). The fourth-order valence-electron chi connectivity index (χ4n) is 3.05. The molecule has 1 aromatic heterocycles. The van der Waals surface area contributed by atoms with E-state index in [9.17, 15) is 19.7 Å². The number of non-ortho nitro benzene ring substituents is 1. The maximum Gasteiger partial charge on any atom is 0.270 e. The zero-order chi connectivity index (χ0) is 24.3. The van der Waals surface area contributed by atoms with Gasteiger partial charge in [-0.15, -0.1) is 0 Å². The zero-order valence-electron chi connectivity index (χ0n) is 18.5. The van der Waals surface area contributed by atoms with E-state index in [1.807, 2.05) is 18.4 Å². The van der Waals surface area contributed by atoms with Crippen molar-refractivity contribution in [3.8, 4) is 5.75 Å². The molecule has 9 nitrogen and oxygen atoms in total. The van der Waals surface area contributed by atoms with Crippen LogP contribution >= 0.6 is 11.8 Å². The lowest BCUT2D eigenvalue weighted by Gasteiger charge is -2.18. The Morgan fingerprint density at radius 3 is 2.71 bits per heavy atom. The van der Waals surface area contributed by atoms with Gasteiger partial charge in [-0.05, 0) is 42.7 Å². The van der Waals surface area contributed by atoms with Gasteiger partial charge in [-0.25, -0.2) is 0 Å². The molecule has 1 heterocycles. The highest BCUT2D eigenvalue weighted by Crippen LogP contribution is 2.19. The van der Waals surface area contributed by atoms with Crippen molar-refractivity contribution >= 4 is 35.0 Å². The van der Waals surface area contributed by atoms with Crippen molar-refractivity contribution in [2.45, 2.75) is 19.1 Å². The van der Waals surface area contributed by atoms with Gasteiger partial charge in [0.05, 0.1) is 4.92 Å². The Kier molecular flexibility index (Phi) is 8.98. The summed E-state index contributed by atoms with van der Waals surface area (Å²) in [4.78, 5) is 40.1. The molecule has 10 heteroatoms. The van der Waals surface area contributed by atoms with Crippen LogP contribution in [0.2, 0.25) is 0 Å². The Hall–Kier alpha value is -3.92. The van der Waals surface area contributed by atoms with Crippen molar-refractivity contribution in [3.05, 3.63) is 94.3 Å². The normalized spacial score (nSPS) is 11.3. The first kappa shape index (κ1) is 24.7. The lowest BCUT2D eigenvalue weighted by Crippen LogP contribution is -2.44. The number of nitro benzene ring substituents is 1. The molecule has 0 saturated carbocycles. The zero-order valence-corrected chi connectivity index (χ0v) is 19.3. The molecule has 3 aromatic rings. The molecule has 0 aliphatic rings. The number of rotatable bonds is 11. The number of aromatic nitrogens is 1. The van der Waals surface area contributed by atoms with Gasteiger partial charge in [0, 0.05) is 47.4 Å². The smallest absolute Gasteiger partial charge is 0.270 e. The predicted octanol–water partition coefficient (Wildman–Crippen LogP) is 4.06. The van der Waals surface area contributed by atoms with Crippen LogP contribution in [0.1, 0.15) is 22.3 Å². The van der Waals surface area contributed by atoms with Crippen LogP contribution in [0, 0.1) is 10.1 Å². The Balaban J connectivity index is 1.66. The van der Waals surface area contributed by atoms with Crippen LogP contribution in [-0.4, -0.2) is 39.8 Å². The number of carbonyl (C=O) groups is 2. The number of nitro groups is 1. The number of hydrogen-bond donors (Lipinski definition) is 2. The van der Waals surface area contributed by atoms with Crippen LogP contribution in [0.3, 0.4) is 0 Å². The second kappa shape index (κ2) is 12.4. The van der Waals surface area contributed by atoms with Gasteiger partial charge in [-0.2, -0.15) is 11.8 Å². The van der Waals surface area contributed by atoms with Crippen LogP contribution in [-0.2, 0) is 11.4 Å². The molecule has 0 spiro atoms. The fraction of sp³-hybridized carbons (Fsp3) is 0.208. The minimum Gasteiger partial charge on any atom is -0.489 e. The number of carbonyl (C=O) groups excluding carboxylic acids is 2. The lowest BCUT2D eigenvalue weighted by atomic mass is 10.1. The summed E-state index contributed by atoms with van der Waals surface area (Å²) in [5.41, 5.74) is 1.35. The monoisotopic (exact) mass is 480 g/mol. The second-order valence-corrected chi connectivity index (χ2v) is 8.27. The molecule has 1 atom stereocenters. The molecule has 176 valence electrons. The SMILES string of the molecule is CSCCC(NC(=O)c1cccc([N+](=O)[O-])c1)C(=O)Nc1cccc(OCc2cccnc2)c1. The van der Waals surface area contributed by atoms with E-state index in [4.69, 9.17) is 4.74 Å². The molecule has 0 bridgehead atoms. The third-order valence-corrected chi connectivity index (χ3v) is 5.43. The maximum atomic E-state index is 13.0. The summed E-state index contributed by atoms with van der Waals surface area (Å²) in [7, 11) is 0. The highest BCUT2D eigenvalue weighted by atomic mass is 32.2. The number of nitrogens with zero attached hydrogens (tertiary/aromatic N) is 2. The average Bonchev–Trinajstić information content (AvgIpc) is 2.86. The van der Waals surface area contributed by atoms with Crippen LogP contribution < -0.4 is 15.4 Å². The van der Waals surface area contributed by atoms with Crippen LogP contribution in [0.25, 0.3) is 0 Å². The van der Waals surface area contributed by atoms with Crippen molar-refractivity contribution in [1.82, 2.24) is 10.3 Å². The fourth-order valence-corrected chi connectivity index (χ4v) is 3.52. The van der Waals surface area contributed by atoms with Crippen LogP contribution in [0.4, 0.5) is 11.4 Å². The summed E-state index contributed by atoms with van der Waals surface area (Å²) in [6.45, 7) is 0.334. The van der Waals surface area contributed by atoms with E-state index in [2.05, 4.69) is 15.6 Å². The molecule has 0 aliphatic carbocycles. The topological polar surface area (TPSA) is 123 Å². The third-order valence-electron chi connectivity index (χ3n) is 4.78. The van der Waals surface area contributed by atoms with Crippen molar-refractivity contribution < 1.29 is 19.2 Å². The van der Waals surface area contributed by atoms with E-state index in [1.54, 1.807) is 48.4 Å². The van der Waals surface area contributed by atoms with Gasteiger partial charge < -0.3 is 15.4 Å². The van der Waals surface area contributed by atoms with Crippen LogP contribution in [0.5, 0.6) is 5.75 Å². The number of anilines is 1. The van der Waals surface area contributed by atoms with Gasteiger partial charge in [0.2, 0.25) is 5.91 Å². The highest BCUT2D eigenvalue weighted by Gasteiger charge is 2.22. The first-order chi connectivity index (χ1) is 16.5. The summed E-state index contributed by atoms with van der Waals surface area (Å²) >= 11 is 1.54. The summed E-state index contributed by atoms with van der Waals surface area (Å²) < 4.78 is 5.77. The predicted molar refractivity (Wildman–Crippen MR) is 131 cm³/mol. The van der Waals surface area contributed by atoms with Gasteiger partial charge >= 0.3 is 0 Å². The van der Waals surface area contributed by atoms with Crippen molar-refractivity contribution in [2.24, 2.45) is 0 Å². The number of nitrogens with one attached hydrogen (secondary N) is 2. The summed E-state index contributed by atoms with van der Waals surface area (Å²) in [5.74, 6) is 0.264. The molecule has 0 aliphatic heterocycles. The number of pyridine rings is 1. The number of ether oxygens (including phenoxy) is 1. The molecule has 3 rings (SSSR count). The molecule has 0 saturated heterocycles. The van der Waals surface area contributed by atoms with Gasteiger partial charge in [0.1, 0.15) is 18.4 Å². The highest BCUT2D eigenvalue weighted by molar-refractivity contribution is 7.98. The van der Waals surface area contributed by atoms with E-state index >= 15 is 0 Å². The Morgan fingerprint density at radius 2 is 1.97 bits per heavy atom. The van der Waals surface area contributed by atoms with E-state index in [1.165, 1.54) is 24.3 Å². The molecule has 2 N–H and O–H groups in total. The Labute approximate surface area is 201 Å². The summed E-state index contributed by atoms with van der Waals surface area (Å²) in [6, 6.07) is 15.2. The maximum absolute atomic E-state index is 13.0. The van der Waals surface area contributed by atoms with Crippen molar-refractivity contribution in [3.63, 3.8) is 0 Å². The number of thioether (sulfide) groups is 1. The number of amides is 2. The molecule has 34 heavy (non-hydrogen) atoms. The van der Waals surface area contributed by atoms with E-state index in [0.29, 0.717) is 30.2 Å². The van der Waals surface area contributed by atoms with Crippen LogP contribution in [0.15, 0.2) is 73.1 Å². The molecular weight excluding hydrogens is 456 g/mol. The Morgan fingerprint density at radius 1 is 1.15 bits per heavy atom. The quantitative estimate of drug-likeness (QED) is 0.313. The Bertz CT molecular complexity index is 1140. The summed E-state index contributed by atoms with van der Waals surface area (Å²) in [5, 5.41) is 16.5. The molecule has 0 fully saturated rings. The van der Waals surface area contributed by atoms with E-state index in [-0.39, 0.29) is 11.3 Å². The van der Waals surface area contributed by atoms with Gasteiger partial charge in [-0.1, -0.05) is 18.2 Å². The summed E-state index contributed by atoms with van der Waals surface area (Å²) in [6.07, 6.45) is 5.70. The molecule has 1 unspecified atom stereocenters.